The molecule has 2 aromatic rings. The molecule has 0 unspecified atom stereocenters. The Morgan fingerprint density at radius 1 is 1.17 bits per heavy atom. The average Bonchev–Trinajstić information content (AvgIpc) is 2.55. The minimum Gasteiger partial charge on any atom is -0.497 e. The van der Waals surface area contributed by atoms with Gasteiger partial charge in [-0.2, -0.15) is 0 Å². The van der Waals surface area contributed by atoms with Gasteiger partial charge in [-0.25, -0.2) is 9.18 Å². The molecule has 0 aliphatic carbocycles. The Morgan fingerprint density at radius 3 is 2.62 bits per heavy atom. The van der Waals surface area contributed by atoms with Gasteiger partial charge in [0.2, 0.25) is 0 Å². The van der Waals surface area contributed by atoms with Crippen LogP contribution in [-0.4, -0.2) is 19.2 Å². The molecule has 0 bridgehead atoms. The monoisotopic (exact) mass is 332 g/mol. The Bertz CT molecular complexity index is 704. The van der Waals surface area contributed by atoms with Crippen molar-refractivity contribution in [3.05, 3.63) is 53.8 Å². The van der Waals surface area contributed by atoms with Gasteiger partial charge >= 0.3 is 6.03 Å². The average molecular weight is 332 g/mol. The lowest BCUT2D eigenvalue weighted by Gasteiger charge is -2.12. The van der Waals surface area contributed by atoms with E-state index in [2.05, 4.69) is 10.6 Å². The number of urea groups is 1. The van der Waals surface area contributed by atoms with Crippen LogP contribution in [-0.2, 0) is 6.54 Å². The molecule has 0 aromatic heterocycles. The molecule has 0 fully saturated rings. The molecule has 128 valence electrons. The van der Waals surface area contributed by atoms with E-state index in [1.165, 1.54) is 12.1 Å². The molecular weight excluding hydrogens is 311 g/mol. The third-order valence-electron chi connectivity index (χ3n) is 3.15. The quantitative estimate of drug-likeness (QED) is 0.842. The minimum atomic E-state index is -0.551. The predicted molar refractivity (Wildman–Crippen MR) is 91.0 cm³/mol. The Kier molecular flexibility index (Phi) is 6.01. The first kappa shape index (κ1) is 17.6. The molecule has 2 N–H and O–H groups in total. The normalized spacial score (nSPS) is 10.4. The third kappa shape index (κ3) is 5.15. The van der Waals surface area contributed by atoms with Crippen molar-refractivity contribution in [1.29, 1.82) is 0 Å². The molecule has 0 saturated heterocycles. The molecule has 0 spiro atoms. The van der Waals surface area contributed by atoms with Crippen LogP contribution in [0, 0.1) is 5.82 Å². The summed E-state index contributed by atoms with van der Waals surface area (Å²) >= 11 is 0. The topological polar surface area (TPSA) is 59.6 Å². The van der Waals surface area contributed by atoms with Crippen LogP contribution < -0.4 is 20.1 Å². The number of carbonyl (C=O) groups excluding carboxylic acids is 1. The summed E-state index contributed by atoms with van der Waals surface area (Å²) in [4.78, 5) is 11.9. The number of hydrogen-bond acceptors (Lipinski definition) is 3. The first-order valence-corrected chi connectivity index (χ1v) is 7.62. The zero-order valence-corrected chi connectivity index (χ0v) is 13.9. The van der Waals surface area contributed by atoms with E-state index in [-0.39, 0.29) is 11.8 Å². The van der Waals surface area contributed by atoms with Crippen molar-refractivity contribution in [2.75, 3.05) is 12.4 Å². The zero-order chi connectivity index (χ0) is 17.5. The van der Waals surface area contributed by atoms with E-state index in [0.717, 1.165) is 5.56 Å². The predicted octanol–water partition coefficient (Wildman–Crippen LogP) is 3.94. The number of halogens is 1. The number of benzene rings is 2. The van der Waals surface area contributed by atoms with E-state index in [4.69, 9.17) is 9.47 Å². The van der Waals surface area contributed by atoms with Gasteiger partial charge in [0.25, 0.3) is 0 Å². The van der Waals surface area contributed by atoms with E-state index < -0.39 is 11.8 Å². The molecule has 2 aromatic carbocycles. The number of amides is 2. The summed E-state index contributed by atoms with van der Waals surface area (Å²) in [7, 11) is 1.58. The highest BCUT2D eigenvalue weighted by atomic mass is 19.1. The summed E-state index contributed by atoms with van der Waals surface area (Å²) in [6, 6.07) is 11.2. The van der Waals surface area contributed by atoms with E-state index in [9.17, 15) is 9.18 Å². The lowest BCUT2D eigenvalue weighted by atomic mass is 10.2. The second-order valence-electron chi connectivity index (χ2n) is 5.47. The maximum absolute atomic E-state index is 14.0. The standard InChI is InChI=1S/C18H21FN2O3/c1-12(2)24-15-7-8-17(16(19)10-15)21-18(22)20-11-13-5-4-6-14(9-13)23-3/h4-10,12H,11H2,1-3H3,(H2,20,21,22). The van der Waals surface area contributed by atoms with Crippen LogP contribution in [0.5, 0.6) is 11.5 Å². The molecule has 2 rings (SSSR count). The van der Waals surface area contributed by atoms with Crippen LogP contribution in [0.3, 0.4) is 0 Å². The van der Waals surface area contributed by atoms with Gasteiger partial charge in [0, 0.05) is 12.6 Å². The Hall–Kier alpha value is -2.76. The SMILES string of the molecule is COc1cccc(CNC(=O)Nc2ccc(OC(C)C)cc2F)c1. The first-order chi connectivity index (χ1) is 11.5. The second-order valence-corrected chi connectivity index (χ2v) is 5.47. The van der Waals surface area contributed by atoms with Crippen LogP contribution in [0.25, 0.3) is 0 Å². The van der Waals surface area contributed by atoms with E-state index in [1.54, 1.807) is 13.2 Å². The number of nitrogens with one attached hydrogen (secondary N) is 2. The fourth-order valence-corrected chi connectivity index (χ4v) is 2.07. The second kappa shape index (κ2) is 8.19. The van der Waals surface area contributed by atoms with Crippen molar-refractivity contribution in [3.8, 4) is 11.5 Å². The molecule has 2 amide bonds. The summed E-state index contributed by atoms with van der Waals surface area (Å²) < 4.78 is 24.5. The van der Waals surface area contributed by atoms with Crippen LogP contribution in [0.4, 0.5) is 14.9 Å². The maximum atomic E-state index is 14.0. The number of carbonyl (C=O) groups is 1. The van der Waals surface area contributed by atoms with Crippen molar-refractivity contribution < 1.29 is 18.7 Å². The zero-order valence-electron chi connectivity index (χ0n) is 13.9. The number of anilines is 1. The molecule has 0 saturated carbocycles. The van der Waals surface area contributed by atoms with Crippen LogP contribution >= 0.6 is 0 Å². The Balaban J connectivity index is 1.92. The molecule has 0 aliphatic heterocycles. The fraction of sp³-hybridized carbons (Fsp3) is 0.278. The summed E-state index contributed by atoms with van der Waals surface area (Å²) in [5, 5.41) is 5.15. The van der Waals surface area contributed by atoms with Gasteiger partial charge in [0.1, 0.15) is 17.3 Å². The highest BCUT2D eigenvalue weighted by Crippen LogP contribution is 2.21. The number of rotatable bonds is 6. The number of ether oxygens (including phenoxy) is 2. The molecule has 0 radical (unpaired) electrons. The van der Waals surface area contributed by atoms with Crippen LogP contribution in [0.15, 0.2) is 42.5 Å². The molecule has 0 heterocycles. The van der Waals surface area contributed by atoms with Crippen LogP contribution in [0.1, 0.15) is 19.4 Å². The lowest BCUT2D eigenvalue weighted by Crippen LogP contribution is -2.28. The molecule has 5 nitrogen and oxygen atoms in total. The first-order valence-electron chi connectivity index (χ1n) is 7.62. The molecule has 0 aliphatic rings. The van der Waals surface area contributed by atoms with Crippen molar-refractivity contribution in [2.45, 2.75) is 26.5 Å². The largest absolute Gasteiger partial charge is 0.497 e. The minimum absolute atomic E-state index is 0.0469. The molecule has 6 heteroatoms. The lowest BCUT2D eigenvalue weighted by molar-refractivity contribution is 0.241. The van der Waals surface area contributed by atoms with Crippen molar-refractivity contribution in [2.24, 2.45) is 0 Å². The molecular formula is C18H21FN2O3. The van der Waals surface area contributed by atoms with Crippen molar-refractivity contribution in [1.82, 2.24) is 5.32 Å². The highest BCUT2D eigenvalue weighted by molar-refractivity contribution is 5.89. The third-order valence-corrected chi connectivity index (χ3v) is 3.15. The summed E-state index contributed by atoms with van der Waals surface area (Å²) in [5.41, 5.74) is 0.972. The van der Waals surface area contributed by atoms with Gasteiger partial charge in [-0.05, 0) is 43.7 Å². The summed E-state index contributed by atoms with van der Waals surface area (Å²) in [5.74, 6) is 0.580. The highest BCUT2D eigenvalue weighted by Gasteiger charge is 2.09. The van der Waals surface area contributed by atoms with Gasteiger partial charge in [0.05, 0.1) is 18.9 Å². The van der Waals surface area contributed by atoms with Gasteiger partial charge in [-0.3, -0.25) is 0 Å². The maximum Gasteiger partial charge on any atom is 0.319 e. The Labute approximate surface area is 140 Å². The van der Waals surface area contributed by atoms with E-state index >= 15 is 0 Å². The fourth-order valence-electron chi connectivity index (χ4n) is 2.07. The van der Waals surface area contributed by atoms with Crippen LogP contribution in [0.2, 0.25) is 0 Å². The van der Waals surface area contributed by atoms with Crippen molar-refractivity contribution >= 4 is 11.7 Å². The molecule has 24 heavy (non-hydrogen) atoms. The Morgan fingerprint density at radius 2 is 1.96 bits per heavy atom. The van der Waals surface area contributed by atoms with Gasteiger partial charge in [-0.1, -0.05) is 12.1 Å². The van der Waals surface area contributed by atoms with E-state index in [0.29, 0.717) is 18.0 Å². The van der Waals surface area contributed by atoms with Crippen molar-refractivity contribution in [3.63, 3.8) is 0 Å². The summed E-state index contributed by atoms with van der Waals surface area (Å²) in [6.07, 6.45) is -0.0469. The number of methoxy groups -OCH3 is 1. The summed E-state index contributed by atoms with van der Waals surface area (Å²) in [6.45, 7) is 4.02. The van der Waals surface area contributed by atoms with Gasteiger partial charge in [-0.15, -0.1) is 0 Å². The smallest absolute Gasteiger partial charge is 0.319 e. The van der Waals surface area contributed by atoms with Gasteiger partial charge < -0.3 is 20.1 Å². The number of hydrogen-bond donors (Lipinski definition) is 2. The molecule has 0 atom stereocenters. The van der Waals surface area contributed by atoms with E-state index in [1.807, 2.05) is 38.1 Å². The van der Waals surface area contributed by atoms with Gasteiger partial charge in [0.15, 0.2) is 0 Å².